The molecule has 0 saturated heterocycles. The summed E-state index contributed by atoms with van der Waals surface area (Å²) in [6, 6.07) is 5.41. The molecule has 7 heteroatoms. The van der Waals surface area contributed by atoms with E-state index in [9.17, 15) is 18.7 Å². The summed E-state index contributed by atoms with van der Waals surface area (Å²) < 4.78 is 28.5. The molecule has 1 unspecified atom stereocenters. The lowest BCUT2D eigenvalue weighted by Crippen LogP contribution is -2.54. The van der Waals surface area contributed by atoms with Crippen molar-refractivity contribution in [2.45, 2.75) is 51.2 Å². The molecular formula is C21H23F2N3O2. The predicted molar refractivity (Wildman–Crippen MR) is 99.3 cm³/mol. The van der Waals surface area contributed by atoms with E-state index in [1.54, 1.807) is 18.0 Å². The maximum absolute atomic E-state index is 14.2. The van der Waals surface area contributed by atoms with E-state index in [4.69, 9.17) is 0 Å². The van der Waals surface area contributed by atoms with E-state index >= 15 is 0 Å². The fourth-order valence-corrected chi connectivity index (χ4v) is 5.38. The highest BCUT2D eigenvalue weighted by Crippen LogP contribution is 2.68. The van der Waals surface area contributed by atoms with E-state index < -0.39 is 23.3 Å². The van der Waals surface area contributed by atoms with Crippen LogP contribution in [0.1, 0.15) is 50.8 Å². The summed E-state index contributed by atoms with van der Waals surface area (Å²) >= 11 is 0. The molecule has 2 bridgehead atoms. The van der Waals surface area contributed by atoms with Gasteiger partial charge in [0, 0.05) is 12.5 Å². The van der Waals surface area contributed by atoms with Gasteiger partial charge in [0.2, 0.25) is 0 Å². The van der Waals surface area contributed by atoms with Gasteiger partial charge in [-0.1, -0.05) is 19.9 Å². The van der Waals surface area contributed by atoms with Gasteiger partial charge in [-0.2, -0.15) is 5.10 Å². The number of benzene rings is 1. The molecule has 28 heavy (non-hydrogen) atoms. The largest absolute Gasteiger partial charge is 0.384 e. The molecule has 4 rings (SSSR count). The Morgan fingerprint density at radius 1 is 1.29 bits per heavy atom. The Morgan fingerprint density at radius 3 is 2.54 bits per heavy atom. The Kier molecular flexibility index (Phi) is 4.08. The molecule has 2 aliphatic carbocycles. The van der Waals surface area contributed by atoms with Crippen LogP contribution in [0.15, 0.2) is 24.3 Å². The highest BCUT2D eigenvalue weighted by atomic mass is 19.1. The quantitative estimate of drug-likeness (QED) is 0.877. The Hall–Kier alpha value is -2.41. The van der Waals surface area contributed by atoms with E-state index in [2.05, 4.69) is 24.0 Å². The first-order chi connectivity index (χ1) is 13.1. The van der Waals surface area contributed by atoms with Crippen LogP contribution < -0.4 is 0 Å². The number of nitrogens with zero attached hydrogens (tertiary/aromatic N) is 3. The number of aromatic nitrogens is 2. The van der Waals surface area contributed by atoms with Crippen LogP contribution in [-0.2, 0) is 10.3 Å². The van der Waals surface area contributed by atoms with Gasteiger partial charge in [0.25, 0.3) is 5.91 Å². The van der Waals surface area contributed by atoms with Crippen molar-refractivity contribution in [3.8, 4) is 11.3 Å². The van der Waals surface area contributed by atoms with Gasteiger partial charge in [0.1, 0.15) is 17.7 Å². The first kappa shape index (κ1) is 18.9. The average Bonchev–Trinajstić information content (AvgIpc) is 3.02. The van der Waals surface area contributed by atoms with Crippen LogP contribution in [0.5, 0.6) is 0 Å². The minimum atomic E-state index is -1.13. The monoisotopic (exact) mass is 387 g/mol. The molecule has 1 heterocycles. The van der Waals surface area contributed by atoms with Crippen molar-refractivity contribution < 1.29 is 18.7 Å². The smallest absolute Gasteiger partial charge is 0.251 e. The van der Waals surface area contributed by atoms with Crippen LogP contribution >= 0.6 is 0 Å². The van der Waals surface area contributed by atoms with Crippen molar-refractivity contribution in [3.63, 3.8) is 0 Å². The van der Waals surface area contributed by atoms with Crippen LogP contribution in [0, 0.1) is 17.0 Å². The lowest BCUT2D eigenvalue weighted by atomic mass is 9.74. The third kappa shape index (κ3) is 2.22. The minimum Gasteiger partial charge on any atom is -0.384 e. The van der Waals surface area contributed by atoms with Crippen molar-refractivity contribution in [3.05, 3.63) is 47.2 Å². The zero-order valence-corrected chi connectivity index (χ0v) is 16.3. The van der Waals surface area contributed by atoms with Crippen molar-refractivity contribution in [2.24, 2.45) is 5.41 Å². The van der Waals surface area contributed by atoms with E-state index in [-0.39, 0.29) is 28.5 Å². The van der Waals surface area contributed by atoms with Crippen LogP contribution in [-0.4, -0.2) is 39.3 Å². The summed E-state index contributed by atoms with van der Waals surface area (Å²) in [7, 11) is 1.68. The fourth-order valence-electron chi connectivity index (χ4n) is 5.38. The summed E-state index contributed by atoms with van der Waals surface area (Å²) in [6.07, 6.45) is 0.398. The SMILES string of the molecule is CC(O)C(=O)N(C)[C@@]12CC[C@@H](c3cc(-c4c(F)cccc4F)nnc31)C2(C)C. The third-order valence-electron chi connectivity index (χ3n) is 6.80. The van der Waals surface area contributed by atoms with Crippen LogP contribution in [0.4, 0.5) is 8.78 Å². The van der Waals surface area contributed by atoms with Gasteiger partial charge >= 0.3 is 0 Å². The van der Waals surface area contributed by atoms with E-state index in [0.29, 0.717) is 12.1 Å². The number of amides is 1. The number of likely N-dealkylation sites (N-methyl/N-ethyl adjacent to an activating group) is 1. The number of carbonyl (C=O) groups excluding carboxylic acids is 1. The van der Waals surface area contributed by atoms with Gasteiger partial charge in [-0.3, -0.25) is 4.79 Å². The first-order valence-electron chi connectivity index (χ1n) is 9.41. The van der Waals surface area contributed by atoms with Crippen LogP contribution in [0.3, 0.4) is 0 Å². The summed E-state index contributed by atoms with van der Waals surface area (Å²) in [5.41, 5.74) is 0.425. The molecule has 1 saturated carbocycles. The summed E-state index contributed by atoms with van der Waals surface area (Å²) in [4.78, 5) is 14.2. The number of hydrogen-bond acceptors (Lipinski definition) is 4. The summed E-state index contributed by atoms with van der Waals surface area (Å²) in [5.74, 6) is -1.68. The average molecular weight is 387 g/mol. The molecule has 0 aliphatic heterocycles. The Morgan fingerprint density at radius 2 is 1.93 bits per heavy atom. The number of rotatable bonds is 3. The third-order valence-corrected chi connectivity index (χ3v) is 6.80. The maximum Gasteiger partial charge on any atom is 0.251 e. The molecule has 1 aromatic carbocycles. The highest BCUT2D eigenvalue weighted by Gasteiger charge is 2.66. The number of fused-ring (bicyclic) bond motifs is 5. The molecule has 1 N–H and O–H groups in total. The van der Waals surface area contributed by atoms with Crippen molar-refractivity contribution in [2.75, 3.05) is 7.05 Å². The number of aliphatic hydroxyl groups excluding tert-OH is 1. The maximum atomic E-state index is 14.2. The fraction of sp³-hybridized carbons (Fsp3) is 0.476. The van der Waals surface area contributed by atoms with Gasteiger partial charge in [-0.05, 0) is 49.4 Å². The molecule has 1 amide bonds. The van der Waals surface area contributed by atoms with Gasteiger partial charge < -0.3 is 10.0 Å². The van der Waals surface area contributed by atoms with E-state index in [1.165, 1.54) is 25.1 Å². The molecule has 1 fully saturated rings. The first-order valence-corrected chi connectivity index (χ1v) is 9.41. The Labute approximate surface area is 162 Å². The van der Waals surface area contributed by atoms with E-state index in [0.717, 1.165) is 12.0 Å². The van der Waals surface area contributed by atoms with Crippen LogP contribution in [0.2, 0.25) is 0 Å². The number of carbonyl (C=O) groups is 1. The molecule has 148 valence electrons. The molecule has 2 aromatic rings. The number of aliphatic hydroxyl groups is 1. The van der Waals surface area contributed by atoms with E-state index in [1.807, 2.05) is 0 Å². The summed E-state index contributed by atoms with van der Waals surface area (Å²) in [6.45, 7) is 5.59. The Bertz CT molecular complexity index is 956. The topological polar surface area (TPSA) is 66.3 Å². The molecule has 5 nitrogen and oxygen atoms in total. The van der Waals surface area contributed by atoms with Gasteiger partial charge in [-0.25, -0.2) is 8.78 Å². The van der Waals surface area contributed by atoms with Gasteiger partial charge in [0.05, 0.1) is 22.5 Å². The zero-order chi connectivity index (χ0) is 20.4. The Balaban J connectivity index is 1.89. The standard InChI is InChI=1S/C21H23F2N3O2/c1-11(27)19(28)26(4)21-9-8-13(20(21,2)3)12-10-16(24-25-18(12)21)17-14(22)6-5-7-15(17)23/h5-7,10-11,13,27H,8-9H2,1-4H3/t11?,13-,21-/m0/s1. The second kappa shape index (κ2) is 6.04. The predicted octanol–water partition coefficient (Wildman–Crippen LogP) is 3.37. The molecule has 1 aromatic heterocycles. The second-order valence-electron chi connectivity index (χ2n) is 8.38. The van der Waals surface area contributed by atoms with Crippen molar-refractivity contribution in [1.82, 2.24) is 15.1 Å². The molecular weight excluding hydrogens is 364 g/mol. The molecule has 0 radical (unpaired) electrons. The van der Waals surface area contributed by atoms with Gasteiger partial charge in [-0.15, -0.1) is 5.10 Å². The second-order valence-corrected chi connectivity index (χ2v) is 8.38. The van der Waals surface area contributed by atoms with Crippen LogP contribution in [0.25, 0.3) is 11.3 Å². The number of halogens is 2. The lowest BCUT2D eigenvalue weighted by Gasteiger charge is -2.45. The highest BCUT2D eigenvalue weighted by molar-refractivity contribution is 5.81. The molecule has 0 spiro atoms. The summed E-state index contributed by atoms with van der Waals surface area (Å²) in [5, 5.41) is 18.3. The van der Waals surface area contributed by atoms with Gasteiger partial charge in [0.15, 0.2) is 0 Å². The number of hydrogen-bond donors (Lipinski definition) is 1. The van der Waals surface area contributed by atoms with Crippen molar-refractivity contribution in [1.29, 1.82) is 0 Å². The van der Waals surface area contributed by atoms with Crippen molar-refractivity contribution >= 4 is 5.91 Å². The molecule has 3 atom stereocenters. The minimum absolute atomic E-state index is 0.0795. The molecule has 2 aliphatic rings. The lowest BCUT2D eigenvalue weighted by molar-refractivity contribution is -0.148. The normalized spacial score (nSPS) is 25.5. The zero-order valence-electron chi connectivity index (χ0n) is 16.3.